The number of carbonyl (C=O) groups excluding carboxylic acids is 2. The van der Waals surface area contributed by atoms with Crippen molar-refractivity contribution in [3.05, 3.63) is 65.2 Å². The number of carbonyl (C=O) groups is 2. The minimum absolute atomic E-state index is 0.0268. The van der Waals surface area contributed by atoms with Crippen molar-refractivity contribution in [2.45, 2.75) is 25.0 Å². The summed E-state index contributed by atoms with van der Waals surface area (Å²) in [4.78, 5) is 29.2. The smallest absolute Gasteiger partial charge is 0.225 e. The topological polar surface area (TPSA) is 68.3 Å². The summed E-state index contributed by atoms with van der Waals surface area (Å²) in [6, 6.07) is 16.8. The molecule has 0 radical (unpaired) electrons. The van der Waals surface area contributed by atoms with E-state index in [2.05, 4.69) is 0 Å². The number of hydrogen-bond donors (Lipinski definition) is 0. The van der Waals surface area contributed by atoms with Crippen LogP contribution in [0.15, 0.2) is 54.6 Å². The van der Waals surface area contributed by atoms with Crippen LogP contribution in [0.5, 0.6) is 5.75 Å². The zero-order valence-corrected chi connectivity index (χ0v) is 19.9. The lowest BCUT2D eigenvalue weighted by molar-refractivity contribution is -0.166. The minimum Gasteiger partial charge on any atom is -0.490 e. The first-order chi connectivity index (χ1) is 15.9. The van der Waals surface area contributed by atoms with E-state index in [0.717, 1.165) is 5.56 Å². The molecule has 1 heterocycles. The van der Waals surface area contributed by atoms with E-state index >= 15 is 0 Å². The van der Waals surface area contributed by atoms with E-state index in [1.54, 1.807) is 48.2 Å². The molecule has 7 nitrogen and oxygen atoms in total. The number of morpholine rings is 1. The molecule has 0 aliphatic carbocycles. The Morgan fingerprint density at radius 2 is 1.88 bits per heavy atom. The van der Waals surface area contributed by atoms with E-state index in [9.17, 15) is 9.59 Å². The molecule has 0 saturated carbocycles. The van der Waals surface area contributed by atoms with Gasteiger partial charge in [0.05, 0.1) is 32.6 Å². The number of ether oxygens (including phenoxy) is 3. The molecule has 0 aromatic heterocycles. The van der Waals surface area contributed by atoms with Crippen molar-refractivity contribution in [3.8, 4) is 5.75 Å². The molecule has 0 unspecified atom stereocenters. The maximum atomic E-state index is 13.2. The minimum atomic E-state index is -0.956. The Labute approximate surface area is 200 Å². The third-order valence-electron chi connectivity index (χ3n) is 5.60. The molecule has 0 bridgehead atoms. The molecule has 1 aliphatic rings. The van der Waals surface area contributed by atoms with Crippen LogP contribution in [0.4, 0.5) is 0 Å². The van der Waals surface area contributed by atoms with Crippen LogP contribution in [0.2, 0.25) is 5.02 Å². The van der Waals surface area contributed by atoms with Gasteiger partial charge in [-0.05, 0) is 29.8 Å². The van der Waals surface area contributed by atoms with Gasteiger partial charge in [0.2, 0.25) is 11.8 Å². The SMILES string of the molecule is COCCC(=O)N1CCO[C@@](COc2ccc(Cl)cc2)(CC(=O)N(C)Cc2ccccc2)C1. The molecule has 8 heteroatoms. The molecule has 1 atom stereocenters. The maximum Gasteiger partial charge on any atom is 0.225 e. The van der Waals surface area contributed by atoms with E-state index in [0.29, 0.717) is 37.1 Å². The third-order valence-corrected chi connectivity index (χ3v) is 5.85. The highest BCUT2D eigenvalue weighted by Crippen LogP contribution is 2.26. The summed E-state index contributed by atoms with van der Waals surface area (Å²) >= 11 is 5.97. The standard InChI is InChI=1S/C25H31ClN2O5/c1-27(17-20-6-4-3-5-7-20)24(30)16-25(19-32-22-10-8-21(26)9-11-22)18-28(13-15-33-25)23(29)12-14-31-2/h3-11H,12-19H2,1-2H3/t25-/m0/s1. The lowest BCUT2D eigenvalue weighted by atomic mass is 9.96. The Morgan fingerprint density at radius 3 is 2.58 bits per heavy atom. The summed E-state index contributed by atoms with van der Waals surface area (Å²) in [5.41, 5.74) is 0.0867. The second-order valence-corrected chi connectivity index (χ2v) is 8.68. The molecule has 0 N–H and O–H groups in total. The van der Waals surface area contributed by atoms with Gasteiger partial charge in [0.15, 0.2) is 0 Å². The molecule has 1 fully saturated rings. The second kappa shape index (κ2) is 12.0. The molecule has 178 valence electrons. The summed E-state index contributed by atoms with van der Waals surface area (Å²) < 4.78 is 17.2. The van der Waals surface area contributed by atoms with Crippen LogP contribution in [0, 0.1) is 0 Å². The zero-order chi connectivity index (χ0) is 23.7. The molecule has 0 spiro atoms. The van der Waals surface area contributed by atoms with E-state index in [1.807, 2.05) is 30.3 Å². The Kier molecular flexibility index (Phi) is 9.11. The Hall–Kier alpha value is -2.61. The van der Waals surface area contributed by atoms with E-state index in [1.165, 1.54) is 0 Å². The fourth-order valence-electron chi connectivity index (χ4n) is 3.75. The van der Waals surface area contributed by atoms with Gasteiger partial charge in [-0.25, -0.2) is 0 Å². The number of rotatable bonds is 10. The molecule has 33 heavy (non-hydrogen) atoms. The molecular weight excluding hydrogens is 444 g/mol. The van der Waals surface area contributed by atoms with Crippen LogP contribution in [-0.2, 0) is 25.6 Å². The monoisotopic (exact) mass is 474 g/mol. The molecular formula is C25H31ClN2O5. The van der Waals surface area contributed by atoms with Crippen LogP contribution in [0.1, 0.15) is 18.4 Å². The summed E-state index contributed by atoms with van der Waals surface area (Å²) in [6.07, 6.45) is 0.379. The Bertz CT molecular complexity index is 909. The predicted octanol–water partition coefficient (Wildman–Crippen LogP) is 3.40. The second-order valence-electron chi connectivity index (χ2n) is 8.24. The van der Waals surface area contributed by atoms with Gasteiger partial charge in [-0.15, -0.1) is 0 Å². The van der Waals surface area contributed by atoms with Crippen molar-refractivity contribution in [2.75, 3.05) is 47.1 Å². The highest BCUT2D eigenvalue weighted by atomic mass is 35.5. The Balaban J connectivity index is 1.72. The lowest BCUT2D eigenvalue weighted by Gasteiger charge is -2.42. The number of hydrogen-bond acceptors (Lipinski definition) is 5. The first kappa shape index (κ1) is 25.0. The Morgan fingerprint density at radius 1 is 1.15 bits per heavy atom. The summed E-state index contributed by atoms with van der Waals surface area (Å²) in [7, 11) is 3.34. The average Bonchev–Trinajstić information content (AvgIpc) is 2.83. The van der Waals surface area contributed by atoms with E-state index in [4.69, 9.17) is 25.8 Å². The normalized spacial score (nSPS) is 18.1. The van der Waals surface area contributed by atoms with Crippen molar-refractivity contribution >= 4 is 23.4 Å². The zero-order valence-electron chi connectivity index (χ0n) is 19.2. The van der Waals surface area contributed by atoms with Gasteiger partial charge < -0.3 is 24.0 Å². The molecule has 1 aliphatic heterocycles. The van der Waals surface area contributed by atoms with Gasteiger partial charge in [0.1, 0.15) is 18.0 Å². The highest BCUT2D eigenvalue weighted by molar-refractivity contribution is 6.30. The quantitative estimate of drug-likeness (QED) is 0.528. The summed E-state index contributed by atoms with van der Waals surface area (Å²) in [6.45, 7) is 2.05. The van der Waals surface area contributed by atoms with Gasteiger partial charge in [-0.1, -0.05) is 41.9 Å². The van der Waals surface area contributed by atoms with Crippen molar-refractivity contribution in [2.24, 2.45) is 0 Å². The molecule has 2 aromatic carbocycles. The van der Waals surface area contributed by atoms with Crippen LogP contribution in [0.25, 0.3) is 0 Å². The fourth-order valence-corrected chi connectivity index (χ4v) is 3.88. The van der Waals surface area contributed by atoms with Crippen molar-refractivity contribution in [3.63, 3.8) is 0 Å². The van der Waals surface area contributed by atoms with Crippen molar-refractivity contribution < 1.29 is 23.8 Å². The summed E-state index contributed by atoms with van der Waals surface area (Å²) in [5, 5.41) is 0.610. The van der Waals surface area contributed by atoms with Crippen molar-refractivity contribution in [1.82, 2.24) is 9.80 Å². The number of halogens is 1. The number of benzene rings is 2. The fraction of sp³-hybridized carbons (Fsp3) is 0.440. The van der Waals surface area contributed by atoms with Crippen LogP contribution >= 0.6 is 11.6 Å². The van der Waals surface area contributed by atoms with Crippen LogP contribution < -0.4 is 4.74 Å². The van der Waals surface area contributed by atoms with Gasteiger partial charge >= 0.3 is 0 Å². The number of methoxy groups -OCH3 is 1. The van der Waals surface area contributed by atoms with Gasteiger partial charge in [0, 0.05) is 32.3 Å². The summed E-state index contributed by atoms with van der Waals surface area (Å²) in [5.74, 6) is 0.515. The van der Waals surface area contributed by atoms with Crippen molar-refractivity contribution in [1.29, 1.82) is 0 Å². The third kappa shape index (κ3) is 7.45. The first-order valence-corrected chi connectivity index (χ1v) is 11.4. The average molecular weight is 475 g/mol. The van der Waals surface area contributed by atoms with E-state index in [-0.39, 0.29) is 37.8 Å². The molecule has 2 amide bonds. The predicted molar refractivity (Wildman–Crippen MR) is 126 cm³/mol. The van der Waals surface area contributed by atoms with Crippen LogP contribution in [0.3, 0.4) is 0 Å². The number of nitrogens with zero attached hydrogens (tertiary/aromatic N) is 2. The van der Waals surface area contributed by atoms with Gasteiger partial charge in [-0.3, -0.25) is 9.59 Å². The van der Waals surface area contributed by atoms with Gasteiger partial charge in [-0.2, -0.15) is 0 Å². The van der Waals surface area contributed by atoms with E-state index < -0.39 is 5.60 Å². The van der Waals surface area contributed by atoms with Gasteiger partial charge in [0.25, 0.3) is 0 Å². The molecule has 2 aromatic rings. The molecule has 3 rings (SSSR count). The molecule has 1 saturated heterocycles. The lowest BCUT2D eigenvalue weighted by Crippen LogP contribution is -2.58. The largest absolute Gasteiger partial charge is 0.490 e. The maximum absolute atomic E-state index is 13.2. The number of amides is 2. The van der Waals surface area contributed by atoms with Crippen LogP contribution in [-0.4, -0.2) is 74.3 Å². The highest BCUT2D eigenvalue weighted by Gasteiger charge is 2.41. The first-order valence-electron chi connectivity index (χ1n) is 11.0.